The molecule has 1 heterocycles. The van der Waals surface area contributed by atoms with Gasteiger partial charge in [-0.2, -0.15) is 0 Å². The molecule has 0 aliphatic carbocycles. The molecule has 0 bridgehead atoms. The van der Waals surface area contributed by atoms with Gasteiger partial charge in [-0.3, -0.25) is 0 Å². The van der Waals surface area contributed by atoms with Gasteiger partial charge in [-0.15, -0.1) is 0 Å². The molecule has 0 aromatic carbocycles. The van der Waals surface area contributed by atoms with Crippen molar-refractivity contribution in [1.82, 2.24) is 4.98 Å². The Morgan fingerprint density at radius 3 is 2.87 bits per heavy atom. The summed E-state index contributed by atoms with van der Waals surface area (Å²) >= 11 is 0. The number of pyridine rings is 1. The first-order valence-electron chi connectivity index (χ1n) is 4.95. The van der Waals surface area contributed by atoms with E-state index in [0.29, 0.717) is 5.75 Å². The summed E-state index contributed by atoms with van der Waals surface area (Å²) in [5.41, 5.74) is 0.983. The van der Waals surface area contributed by atoms with Crippen molar-refractivity contribution in [1.29, 1.82) is 0 Å². The summed E-state index contributed by atoms with van der Waals surface area (Å²) < 4.78 is 4.98. The second-order valence-corrected chi connectivity index (χ2v) is 3.30. The Morgan fingerprint density at radius 1 is 1.60 bits per heavy atom. The molecule has 1 rings (SSSR count). The number of hydrogen-bond acceptors (Lipinski definition) is 3. The van der Waals surface area contributed by atoms with Crippen molar-refractivity contribution in [2.24, 2.45) is 0 Å². The molecular formula is C11H15NO3. The van der Waals surface area contributed by atoms with Gasteiger partial charge in [0.05, 0.1) is 7.11 Å². The topological polar surface area (TPSA) is 59.4 Å². The van der Waals surface area contributed by atoms with Gasteiger partial charge in [0.2, 0.25) is 0 Å². The second kappa shape index (κ2) is 5.34. The molecule has 0 radical (unpaired) electrons. The van der Waals surface area contributed by atoms with Gasteiger partial charge in [-0.05, 0) is 24.5 Å². The summed E-state index contributed by atoms with van der Waals surface area (Å²) in [5.74, 6) is -0.731. The lowest BCUT2D eigenvalue weighted by molar-refractivity contribution is 0.0686. The molecule has 0 spiro atoms. The lowest BCUT2D eigenvalue weighted by atomic mass is 10.1. The molecular weight excluding hydrogens is 194 g/mol. The van der Waals surface area contributed by atoms with Gasteiger partial charge in [0.1, 0.15) is 0 Å². The maximum absolute atomic E-state index is 10.8. The predicted molar refractivity (Wildman–Crippen MR) is 56.4 cm³/mol. The van der Waals surface area contributed by atoms with Gasteiger partial charge < -0.3 is 9.84 Å². The van der Waals surface area contributed by atoms with Crippen LogP contribution in [0, 0.1) is 0 Å². The van der Waals surface area contributed by atoms with Crippen LogP contribution in [-0.4, -0.2) is 23.2 Å². The highest BCUT2D eigenvalue weighted by Crippen LogP contribution is 2.18. The smallest absolute Gasteiger partial charge is 0.358 e. The minimum Gasteiger partial charge on any atom is -0.494 e. The van der Waals surface area contributed by atoms with Crippen LogP contribution in [0.15, 0.2) is 12.3 Å². The maximum Gasteiger partial charge on any atom is 0.358 e. The predicted octanol–water partition coefficient (Wildman–Crippen LogP) is 2.13. The maximum atomic E-state index is 10.8. The Hall–Kier alpha value is -1.58. The summed E-state index contributed by atoms with van der Waals surface area (Å²) in [6.07, 6.45) is 4.67. The Bertz CT molecular complexity index is 350. The number of carboxylic acid groups (broad SMARTS) is 1. The molecule has 0 amide bonds. The molecule has 0 aliphatic heterocycles. The number of hydrogen-bond donors (Lipinski definition) is 1. The van der Waals surface area contributed by atoms with E-state index < -0.39 is 5.97 Å². The molecule has 0 unspecified atom stereocenters. The summed E-state index contributed by atoms with van der Waals surface area (Å²) in [6, 6.07) is 1.74. The van der Waals surface area contributed by atoms with Crippen LogP contribution < -0.4 is 4.74 Å². The number of carboxylic acids is 1. The lowest BCUT2D eigenvalue weighted by Crippen LogP contribution is -2.04. The second-order valence-electron chi connectivity index (χ2n) is 3.30. The van der Waals surface area contributed by atoms with E-state index in [0.717, 1.165) is 24.8 Å². The van der Waals surface area contributed by atoms with E-state index >= 15 is 0 Å². The summed E-state index contributed by atoms with van der Waals surface area (Å²) in [4.78, 5) is 14.6. The number of ether oxygens (including phenoxy) is 1. The summed E-state index contributed by atoms with van der Waals surface area (Å²) in [7, 11) is 1.45. The van der Waals surface area contributed by atoms with E-state index in [1.54, 1.807) is 12.3 Å². The number of aryl methyl sites for hydroxylation is 1. The van der Waals surface area contributed by atoms with Crippen molar-refractivity contribution in [3.8, 4) is 5.75 Å². The minimum atomic E-state index is -1.06. The van der Waals surface area contributed by atoms with Crippen molar-refractivity contribution in [2.45, 2.75) is 26.2 Å². The monoisotopic (exact) mass is 209 g/mol. The lowest BCUT2D eigenvalue weighted by Gasteiger charge is -2.06. The first-order valence-corrected chi connectivity index (χ1v) is 4.95. The number of carbonyl (C=O) groups is 1. The van der Waals surface area contributed by atoms with Crippen LogP contribution in [0.1, 0.15) is 35.8 Å². The third-order valence-electron chi connectivity index (χ3n) is 2.15. The SMILES string of the molecule is CCCCc1cnc(C(=O)O)c(OC)c1. The molecule has 0 atom stereocenters. The molecule has 15 heavy (non-hydrogen) atoms. The summed E-state index contributed by atoms with van der Waals surface area (Å²) in [5, 5.41) is 8.82. The largest absolute Gasteiger partial charge is 0.494 e. The van der Waals surface area contributed by atoms with E-state index in [-0.39, 0.29) is 5.69 Å². The van der Waals surface area contributed by atoms with Crippen LogP contribution in [0.3, 0.4) is 0 Å². The van der Waals surface area contributed by atoms with Crippen LogP contribution in [0.5, 0.6) is 5.75 Å². The van der Waals surface area contributed by atoms with Gasteiger partial charge in [0.15, 0.2) is 11.4 Å². The van der Waals surface area contributed by atoms with E-state index in [4.69, 9.17) is 9.84 Å². The van der Waals surface area contributed by atoms with Gasteiger partial charge in [-0.25, -0.2) is 9.78 Å². The fourth-order valence-corrected chi connectivity index (χ4v) is 1.32. The van der Waals surface area contributed by atoms with Crippen LogP contribution >= 0.6 is 0 Å². The molecule has 0 saturated heterocycles. The zero-order chi connectivity index (χ0) is 11.3. The normalized spacial score (nSPS) is 10.0. The fraction of sp³-hybridized carbons (Fsp3) is 0.455. The van der Waals surface area contributed by atoms with Crippen molar-refractivity contribution in [3.63, 3.8) is 0 Å². The Morgan fingerprint density at radius 2 is 2.33 bits per heavy atom. The van der Waals surface area contributed by atoms with Crippen LogP contribution in [0.25, 0.3) is 0 Å². The highest BCUT2D eigenvalue weighted by molar-refractivity contribution is 5.88. The Kier molecular flexibility index (Phi) is 4.09. The van der Waals surface area contributed by atoms with Crippen molar-refractivity contribution < 1.29 is 14.6 Å². The van der Waals surface area contributed by atoms with E-state index in [1.165, 1.54) is 7.11 Å². The van der Waals surface area contributed by atoms with Crippen molar-refractivity contribution in [2.75, 3.05) is 7.11 Å². The van der Waals surface area contributed by atoms with Gasteiger partial charge in [0.25, 0.3) is 0 Å². The molecule has 0 fully saturated rings. The average Bonchev–Trinajstić information content (AvgIpc) is 2.25. The molecule has 82 valence electrons. The Balaban J connectivity index is 2.92. The van der Waals surface area contributed by atoms with Crippen LogP contribution in [0.4, 0.5) is 0 Å². The molecule has 4 nitrogen and oxygen atoms in total. The summed E-state index contributed by atoms with van der Waals surface area (Å²) in [6.45, 7) is 2.11. The third-order valence-corrected chi connectivity index (χ3v) is 2.15. The van der Waals surface area contributed by atoms with E-state index in [9.17, 15) is 4.79 Å². The molecule has 1 N–H and O–H groups in total. The first kappa shape index (κ1) is 11.5. The molecule has 0 aliphatic rings. The highest BCUT2D eigenvalue weighted by atomic mass is 16.5. The number of rotatable bonds is 5. The number of methoxy groups -OCH3 is 1. The fourth-order valence-electron chi connectivity index (χ4n) is 1.32. The van der Waals surface area contributed by atoms with E-state index in [2.05, 4.69) is 11.9 Å². The number of aromatic carboxylic acids is 1. The zero-order valence-corrected chi connectivity index (χ0v) is 8.99. The van der Waals surface area contributed by atoms with E-state index in [1.807, 2.05) is 0 Å². The van der Waals surface area contributed by atoms with Gasteiger partial charge in [0, 0.05) is 6.20 Å². The quantitative estimate of drug-likeness (QED) is 0.807. The molecule has 0 saturated carbocycles. The average molecular weight is 209 g/mol. The highest BCUT2D eigenvalue weighted by Gasteiger charge is 2.12. The van der Waals surface area contributed by atoms with Crippen LogP contribution in [-0.2, 0) is 6.42 Å². The zero-order valence-electron chi connectivity index (χ0n) is 8.99. The van der Waals surface area contributed by atoms with Gasteiger partial charge >= 0.3 is 5.97 Å². The molecule has 1 aromatic rings. The van der Waals surface area contributed by atoms with Crippen molar-refractivity contribution in [3.05, 3.63) is 23.5 Å². The number of unbranched alkanes of at least 4 members (excludes halogenated alkanes) is 1. The molecule has 1 aromatic heterocycles. The minimum absolute atomic E-state index is 0.0299. The first-order chi connectivity index (χ1) is 7.19. The molecule has 4 heteroatoms. The standard InChI is InChI=1S/C11H15NO3/c1-3-4-5-8-6-9(15-2)10(11(13)14)12-7-8/h6-7H,3-5H2,1-2H3,(H,13,14). The number of aromatic nitrogens is 1. The number of nitrogens with zero attached hydrogens (tertiary/aromatic N) is 1. The van der Waals surface area contributed by atoms with Gasteiger partial charge in [-0.1, -0.05) is 13.3 Å². The van der Waals surface area contributed by atoms with Crippen LogP contribution in [0.2, 0.25) is 0 Å². The van der Waals surface area contributed by atoms with Crippen molar-refractivity contribution >= 4 is 5.97 Å². The third kappa shape index (κ3) is 2.94. The Labute approximate surface area is 88.9 Å².